The van der Waals surface area contributed by atoms with Gasteiger partial charge in [0.05, 0.1) is 23.6 Å². The molecule has 0 unspecified atom stereocenters. The van der Waals surface area contributed by atoms with Crippen LogP contribution in [0, 0.1) is 0 Å². The average molecular weight is 451 g/mol. The van der Waals surface area contributed by atoms with Crippen LogP contribution in [0.3, 0.4) is 0 Å². The topological polar surface area (TPSA) is 62.6 Å². The van der Waals surface area contributed by atoms with Crippen molar-refractivity contribution < 1.29 is 0 Å². The summed E-state index contributed by atoms with van der Waals surface area (Å²) in [6.45, 7) is 6.56. The van der Waals surface area contributed by atoms with Gasteiger partial charge < -0.3 is 4.98 Å². The lowest BCUT2D eigenvalue weighted by Crippen LogP contribution is -2.28. The number of aryl methyl sites for hydroxylation is 1. The lowest BCUT2D eigenvalue weighted by molar-refractivity contribution is 0.221. The maximum Gasteiger partial charge on any atom is 0.138 e. The molecule has 6 nitrogen and oxygen atoms in total. The van der Waals surface area contributed by atoms with Crippen LogP contribution < -0.4 is 0 Å². The van der Waals surface area contributed by atoms with Crippen molar-refractivity contribution in [3.05, 3.63) is 66.7 Å². The molecule has 6 rings (SSSR count). The van der Waals surface area contributed by atoms with Crippen LogP contribution >= 0.6 is 0 Å². The number of rotatable bonds is 6. The quantitative estimate of drug-likeness (QED) is 0.343. The molecule has 1 aromatic carbocycles. The highest BCUT2D eigenvalue weighted by Gasteiger charge is 2.13. The molecule has 4 aromatic heterocycles. The summed E-state index contributed by atoms with van der Waals surface area (Å²) in [5.41, 5.74) is 7.57. The standard InChI is InChI=1S/C28H30N6/c1-2-10-34-19-23(16-31-34)26-14-24-25-13-22(15-30-28(25)32-27(24)17-29-26)21-8-6-20(7-9-21)18-33-11-4-3-5-12-33/h6-9,13-17,19H,2-5,10-12,18H2,1H3,(H,30,32). The maximum atomic E-state index is 4.73. The Bertz CT molecular complexity index is 1420. The van der Waals surface area contributed by atoms with Gasteiger partial charge in [-0.2, -0.15) is 5.10 Å². The molecule has 6 heteroatoms. The highest BCUT2D eigenvalue weighted by atomic mass is 15.3. The van der Waals surface area contributed by atoms with Gasteiger partial charge in [0.2, 0.25) is 0 Å². The number of hydrogen-bond donors (Lipinski definition) is 1. The summed E-state index contributed by atoms with van der Waals surface area (Å²) in [5.74, 6) is 0. The first-order valence-corrected chi connectivity index (χ1v) is 12.4. The monoisotopic (exact) mass is 450 g/mol. The van der Waals surface area contributed by atoms with Gasteiger partial charge in [-0.3, -0.25) is 14.6 Å². The van der Waals surface area contributed by atoms with Crippen LogP contribution in [0.5, 0.6) is 0 Å². The van der Waals surface area contributed by atoms with Crippen LogP contribution in [0.1, 0.15) is 38.2 Å². The number of piperidine rings is 1. The Morgan fingerprint density at radius 1 is 0.853 bits per heavy atom. The van der Waals surface area contributed by atoms with E-state index >= 15 is 0 Å². The molecule has 0 spiro atoms. The fourth-order valence-corrected chi connectivity index (χ4v) is 5.02. The van der Waals surface area contributed by atoms with Crippen LogP contribution in [-0.2, 0) is 13.1 Å². The van der Waals surface area contributed by atoms with Crippen molar-refractivity contribution in [3.63, 3.8) is 0 Å². The number of nitrogens with one attached hydrogen (secondary N) is 1. The van der Waals surface area contributed by atoms with Crippen LogP contribution in [0.2, 0.25) is 0 Å². The van der Waals surface area contributed by atoms with Crippen LogP contribution in [0.25, 0.3) is 44.3 Å². The minimum absolute atomic E-state index is 0.890. The normalized spacial score (nSPS) is 14.9. The van der Waals surface area contributed by atoms with Crippen molar-refractivity contribution >= 4 is 21.9 Å². The number of likely N-dealkylation sites (tertiary alicyclic amines) is 1. The molecule has 5 aromatic rings. The second kappa shape index (κ2) is 9.03. The molecule has 1 N–H and O–H groups in total. The summed E-state index contributed by atoms with van der Waals surface area (Å²) in [5, 5.41) is 6.72. The fraction of sp³-hybridized carbons (Fsp3) is 0.321. The molecule has 1 fully saturated rings. The second-order valence-corrected chi connectivity index (χ2v) is 9.39. The molecule has 172 valence electrons. The first-order valence-electron chi connectivity index (χ1n) is 12.4. The van der Waals surface area contributed by atoms with Crippen molar-refractivity contribution in [2.24, 2.45) is 0 Å². The number of pyridine rings is 2. The van der Waals surface area contributed by atoms with Crippen molar-refractivity contribution in [1.82, 2.24) is 29.6 Å². The zero-order valence-electron chi connectivity index (χ0n) is 19.7. The minimum atomic E-state index is 0.890. The first-order chi connectivity index (χ1) is 16.8. The van der Waals surface area contributed by atoms with E-state index in [-0.39, 0.29) is 0 Å². The molecular formula is C28H30N6. The van der Waals surface area contributed by atoms with E-state index in [0.717, 1.165) is 58.3 Å². The largest absolute Gasteiger partial charge is 0.338 e. The highest BCUT2D eigenvalue weighted by Crippen LogP contribution is 2.31. The van der Waals surface area contributed by atoms with E-state index in [1.165, 1.54) is 43.5 Å². The van der Waals surface area contributed by atoms with Crippen LogP contribution in [0.15, 0.2) is 61.2 Å². The van der Waals surface area contributed by atoms with Crippen molar-refractivity contribution in [3.8, 4) is 22.4 Å². The summed E-state index contributed by atoms with van der Waals surface area (Å²) in [7, 11) is 0. The predicted molar refractivity (Wildman–Crippen MR) is 137 cm³/mol. The van der Waals surface area contributed by atoms with Crippen molar-refractivity contribution in [1.29, 1.82) is 0 Å². The Labute approximate surface area is 199 Å². The molecule has 1 aliphatic rings. The van der Waals surface area contributed by atoms with Gasteiger partial charge in [-0.15, -0.1) is 0 Å². The summed E-state index contributed by atoms with van der Waals surface area (Å²) in [6.07, 6.45) is 12.9. The zero-order chi connectivity index (χ0) is 22.9. The number of aromatic nitrogens is 5. The second-order valence-electron chi connectivity index (χ2n) is 9.39. The molecular weight excluding hydrogens is 420 g/mol. The number of benzene rings is 1. The van der Waals surface area contributed by atoms with Gasteiger partial charge in [-0.1, -0.05) is 37.6 Å². The van der Waals surface area contributed by atoms with Gasteiger partial charge >= 0.3 is 0 Å². The molecule has 1 aliphatic heterocycles. The Morgan fingerprint density at radius 3 is 2.53 bits per heavy atom. The summed E-state index contributed by atoms with van der Waals surface area (Å²) in [6, 6.07) is 13.4. The fourth-order valence-electron chi connectivity index (χ4n) is 5.02. The highest BCUT2D eigenvalue weighted by molar-refractivity contribution is 6.07. The Kier molecular flexibility index (Phi) is 5.59. The molecule has 0 saturated carbocycles. The molecule has 34 heavy (non-hydrogen) atoms. The number of H-pyrrole nitrogens is 1. The SMILES string of the molecule is CCCn1cc(-c2cc3c(cn2)[nH]c2ncc(-c4ccc(CN5CCCCC5)cc4)cc23)cn1. The van der Waals surface area contributed by atoms with Gasteiger partial charge in [-0.25, -0.2) is 4.98 Å². The van der Waals surface area contributed by atoms with Crippen molar-refractivity contribution in [2.75, 3.05) is 13.1 Å². The number of fused-ring (bicyclic) bond motifs is 3. The third-order valence-electron chi connectivity index (χ3n) is 6.86. The molecule has 0 aliphatic carbocycles. The Balaban J connectivity index is 1.31. The van der Waals surface area contributed by atoms with Gasteiger partial charge in [0.25, 0.3) is 0 Å². The van der Waals surface area contributed by atoms with E-state index in [2.05, 4.69) is 69.5 Å². The van der Waals surface area contributed by atoms with E-state index in [0.29, 0.717) is 0 Å². The van der Waals surface area contributed by atoms with Gasteiger partial charge in [0.15, 0.2) is 0 Å². The number of nitrogens with zero attached hydrogens (tertiary/aromatic N) is 5. The molecule has 0 bridgehead atoms. The lowest BCUT2D eigenvalue weighted by Gasteiger charge is -2.26. The number of hydrogen-bond acceptors (Lipinski definition) is 4. The van der Waals surface area contributed by atoms with E-state index in [9.17, 15) is 0 Å². The maximum absolute atomic E-state index is 4.73. The van der Waals surface area contributed by atoms with Gasteiger partial charge in [0, 0.05) is 47.4 Å². The molecule has 0 amide bonds. The molecule has 0 atom stereocenters. The summed E-state index contributed by atoms with van der Waals surface area (Å²) in [4.78, 5) is 15.4. The minimum Gasteiger partial charge on any atom is -0.338 e. The zero-order valence-corrected chi connectivity index (χ0v) is 19.7. The lowest BCUT2D eigenvalue weighted by atomic mass is 10.0. The Morgan fingerprint density at radius 2 is 1.71 bits per heavy atom. The molecule has 1 saturated heterocycles. The van der Waals surface area contributed by atoms with E-state index in [4.69, 9.17) is 4.98 Å². The average Bonchev–Trinajstić information content (AvgIpc) is 3.49. The third-order valence-corrected chi connectivity index (χ3v) is 6.86. The summed E-state index contributed by atoms with van der Waals surface area (Å²) >= 11 is 0. The molecule has 5 heterocycles. The van der Waals surface area contributed by atoms with Gasteiger partial charge in [0.1, 0.15) is 5.65 Å². The van der Waals surface area contributed by atoms with E-state index in [1.807, 2.05) is 23.3 Å². The summed E-state index contributed by atoms with van der Waals surface area (Å²) < 4.78 is 1.98. The van der Waals surface area contributed by atoms with Gasteiger partial charge in [-0.05, 0) is 55.6 Å². The predicted octanol–water partition coefficient (Wildman–Crippen LogP) is 6.04. The number of aromatic amines is 1. The van der Waals surface area contributed by atoms with Crippen molar-refractivity contribution in [2.45, 2.75) is 45.7 Å². The van der Waals surface area contributed by atoms with Crippen LogP contribution in [-0.4, -0.2) is 42.7 Å². The Hall–Kier alpha value is -3.51. The van der Waals surface area contributed by atoms with Crippen LogP contribution in [0.4, 0.5) is 0 Å². The third kappa shape index (κ3) is 4.10. The first kappa shape index (κ1) is 21.1. The van der Waals surface area contributed by atoms with E-state index < -0.39 is 0 Å². The smallest absolute Gasteiger partial charge is 0.138 e. The molecule has 0 radical (unpaired) electrons. The van der Waals surface area contributed by atoms with E-state index in [1.54, 1.807) is 0 Å².